The van der Waals surface area contributed by atoms with Gasteiger partial charge in [0.2, 0.25) is 0 Å². The summed E-state index contributed by atoms with van der Waals surface area (Å²) in [5.41, 5.74) is 7.61. The van der Waals surface area contributed by atoms with E-state index in [0.29, 0.717) is 0 Å². The second kappa shape index (κ2) is 9.96. The lowest BCUT2D eigenvalue weighted by molar-refractivity contribution is -0.145. The first-order chi connectivity index (χ1) is 16.0. The Labute approximate surface area is 193 Å². The van der Waals surface area contributed by atoms with Gasteiger partial charge in [0, 0.05) is 12.5 Å². The zero-order valence-electron chi connectivity index (χ0n) is 19.3. The smallest absolute Gasteiger partial charge is 0.307 e. The highest BCUT2D eigenvalue weighted by Crippen LogP contribution is 2.34. The van der Waals surface area contributed by atoms with E-state index in [-0.39, 0.29) is 31.5 Å². The minimum absolute atomic E-state index is 0.0479. The number of carbonyl (C=O) groups excluding carboxylic acids is 1. The van der Waals surface area contributed by atoms with Crippen molar-refractivity contribution < 1.29 is 14.6 Å². The molecule has 3 aromatic carbocycles. The molecule has 0 bridgehead atoms. The Hall–Kier alpha value is -3.51. The standard InChI is InChI=1S/C27H29N3O3/c1-4-30-25-13-12-23(19(3)27(25)28-29-30)24(21-11-10-18(2)22(14-21)16-31)15-26(32)33-17-20-8-6-5-7-9-20/h5-14,24,31H,4,15-17H2,1-3H3. The molecule has 1 aromatic heterocycles. The zero-order chi connectivity index (χ0) is 23.4. The Kier molecular flexibility index (Phi) is 6.84. The van der Waals surface area contributed by atoms with Crippen LogP contribution < -0.4 is 0 Å². The van der Waals surface area contributed by atoms with Crippen molar-refractivity contribution in [3.63, 3.8) is 0 Å². The normalized spacial score (nSPS) is 12.1. The van der Waals surface area contributed by atoms with Gasteiger partial charge < -0.3 is 9.84 Å². The van der Waals surface area contributed by atoms with Crippen molar-refractivity contribution in [3.05, 3.63) is 94.0 Å². The number of hydrogen-bond acceptors (Lipinski definition) is 5. The molecule has 0 radical (unpaired) electrons. The number of nitrogens with zero attached hydrogens (tertiary/aromatic N) is 3. The van der Waals surface area contributed by atoms with Crippen molar-refractivity contribution in [1.29, 1.82) is 0 Å². The van der Waals surface area contributed by atoms with Crippen LogP contribution in [0.1, 0.15) is 52.6 Å². The number of aliphatic hydroxyl groups is 1. The fraction of sp³-hybridized carbons (Fsp3) is 0.296. The minimum Gasteiger partial charge on any atom is -0.461 e. The first-order valence-electron chi connectivity index (χ1n) is 11.2. The Balaban J connectivity index is 1.69. The van der Waals surface area contributed by atoms with Crippen molar-refractivity contribution >= 4 is 17.0 Å². The number of aliphatic hydroxyl groups excluding tert-OH is 1. The van der Waals surface area contributed by atoms with Gasteiger partial charge in [0.15, 0.2) is 0 Å². The van der Waals surface area contributed by atoms with Gasteiger partial charge in [-0.3, -0.25) is 4.79 Å². The molecular formula is C27H29N3O3. The molecule has 4 rings (SSSR count). The lowest BCUT2D eigenvalue weighted by Gasteiger charge is -2.21. The quantitative estimate of drug-likeness (QED) is 0.395. The summed E-state index contributed by atoms with van der Waals surface area (Å²) >= 11 is 0. The second-order valence-electron chi connectivity index (χ2n) is 8.30. The van der Waals surface area contributed by atoms with E-state index in [1.165, 1.54) is 0 Å². The number of aryl methyl sites for hydroxylation is 3. The molecular weight excluding hydrogens is 414 g/mol. The fourth-order valence-electron chi connectivity index (χ4n) is 4.24. The summed E-state index contributed by atoms with van der Waals surface area (Å²) in [4.78, 5) is 12.9. The molecule has 1 heterocycles. The predicted octanol–water partition coefficient (Wildman–Crippen LogP) is 4.83. The maximum absolute atomic E-state index is 12.9. The van der Waals surface area contributed by atoms with Gasteiger partial charge in [0.25, 0.3) is 0 Å². The van der Waals surface area contributed by atoms with Crippen LogP contribution in [-0.2, 0) is 29.3 Å². The summed E-state index contributed by atoms with van der Waals surface area (Å²) in [5, 5.41) is 18.4. The third-order valence-electron chi connectivity index (χ3n) is 6.22. The maximum atomic E-state index is 12.9. The highest BCUT2D eigenvalue weighted by molar-refractivity contribution is 5.80. The summed E-state index contributed by atoms with van der Waals surface area (Å²) in [6.45, 7) is 6.96. The van der Waals surface area contributed by atoms with Crippen LogP contribution >= 0.6 is 0 Å². The highest BCUT2D eigenvalue weighted by atomic mass is 16.5. The van der Waals surface area contributed by atoms with Crippen LogP contribution in [0.2, 0.25) is 0 Å². The third kappa shape index (κ3) is 4.81. The van der Waals surface area contributed by atoms with Gasteiger partial charge in [-0.25, -0.2) is 4.68 Å². The molecule has 1 N–H and O–H groups in total. The van der Waals surface area contributed by atoms with Crippen LogP contribution in [0.15, 0.2) is 60.7 Å². The molecule has 0 fully saturated rings. The van der Waals surface area contributed by atoms with Crippen LogP contribution in [0.25, 0.3) is 11.0 Å². The molecule has 6 nitrogen and oxygen atoms in total. The van der Waals surface area contributed by atoms with Gasteiger partial charge in [-0.15, -0.1) is 5.10 Å². The average Bonchev–Trinajstić information content (AvgIpc) is 3.27. The maximum Gasteiger partial charge on any atom is 0.307 e. The fourth-order valence-corrected chi connectivity index (χ4v) is 4.24. The largest absolute Gasteiger partial charge is 0.461 e. The van der Waals surface area contributed by atoms with E-state index < -0.39 is 0 Å². The first-order valence-corrected chi connectivity index (χ1v) is 11.2. The molecule has 0 saturated carbocycles. The number of fused-ring (bicyclic) bond motifs is 1. The SMILES string of the molecule is CCn1nnc2c(C)c(C(CC(=O)OCc3ccccc3)c3ccc(C)c(CO)c3)ccc21. The second-order valence-corrected chi connectivity index (χ2v) is 8.30. The summed E-state index contributed by atoms with van der Waals surface area (Å²) in [5.74, 6) is -0.498. The van der Waals surface area contributed by atoms with Gasteiger partial charge in [-0.2, -0.15) is 0 Å². The molecule has 170 valence electrons. The van der Waals surface area contributed by atoms with Gasteiger partial charge in [-0.1, -0.05) is 59.8 Å². The van der Waals surface area contributed by atoms with Crippen LogP contribution in [0, 0.1) is 13.8 Å². The highest BCUT2D eigenvalue weighted by Gasteiger charge is 2.24. The summed E-state index contributed by atoms with van der Waals surface area (Å²) < 4.78 is 7.48. The number of esters is 1. The predicted molar refractivity (Wildman–Crippen MR) is 128 cm³/mol. The summed E-state index contributed by atoms with van der Waals surface area (Å²) in [6, 6.07) is 19.7. The van der Waals surface area contributed by atoms with Crippen molar-refractivity contribution in [2.75, 3.05) is 0 Å². The Morgan fingerprint density at radius 2 is 1.88 bits per heavy atom. The van der Waals surface area contributed by atoms with Crippen LogP contribution in [0.4, 0.5) is 0 Å². The topological polar surface area (TPSA) is 77.2 Å². The molecule has 6 heteroatoms. The van der Waals surface area contributed by atoms with E-state index >= 15 is 0 Å². The van der Waals surface area contributed by atoms with E-state index in [4.69, 9.17) is 4.74 Å². The molecule has 1 atom stereocenters. The molecule has 4 aromatic rings. The Bertz CT molecular complexity index is 1260. The molecule has 0 aliphatic rings. The monoisotopic (exact) mass is 443 g/mol. The lowest BCUT2D eigenvalue weighted by Crippen LogP contribution is -2.13. The summed E-state index contributed by atoms with van der Waals surface area (Å²) in [6.07, 6.45) is 0.190. The third-order valence-corrected chi connectivity index (χ3v) is 6.22. The van der Waals surface area contributed by atoms with Crippen LogP contribution in [-0.4, -0.2) is 26.1 Å². The Morgan fingerprint density at radius 3 is 2.61 bits per heavy atom. The first kappa shape index (κ1) is 22.7. The molecule has 0 saturated heterocycles. The molecule has 1 unspecified atom stereocenters. The van der Waals surface area contributed by atoms with Gasteiger partial charge in [0.1, 0.15) is 12.1 Å². The molecule has 0 spiro atoms. The molecule has 0 aliphatic heterocycles. The summed E-state index contributed by atoms with van der Waals surface area (Å²) in [7, 11) is 0. The van der Waals surface area contributed by atoms with Crippen LogP contribution in [0.3, 0.4) is 0 Å². The van der Waals surface area contributed by atoms with E-state index in [1.54, 1.807) is 0 Å². The Morgan fingerprint density at radius 1 is 1.09 bits per heavy atom. The van der Waals surface area contributed by atoms with Gasteiger partial charge >= 0.3 is 5.97 Å². The van der Waals surface area contributed by atoms with E-state index in [2.05, 4.69) is 16.4 Å². The number of benzene rings is 3. The van der Waals surface area contributed by atoms with Crippen molar-refractivity contribution in [2.24, 2.45) is 0 Å². The van der Waals surface area contributed by atoms with Gasteiger partial charge in [-0.05, 0) is 60.2 Å². The van der Waals surface area contributed by atoms with E-state index in [0.717, 1.165) is 51.0 Å². The number of hydrogen-bond donors (Lipinski definition) is 1. The number of rotatable bonds is 8. The number of ether oxygens (including phenoxy) is 1. The van der Waals surface area contributed by atoms with E-state index in [9.17, 15) is 9.90 Å². The molecule has 33 heavy (non-hydrogen) atoms. The van der Waals surface area contributed by atoms with Gasteiger partial charge in [0.05, 0.1) is 18.5 Å². The average molecular weight is 444 g/mol. The molecule has 0 amide bonds. The van der Waals surface area contributed by atoms with Crippen molar-refractivity contribution in [1.82, 2.24) is 15.0 Å². The minimum atomic E-state index is -0.272. The molecule has 0 aliphatic carbocycles. The van der Waals surface area contributed by atoms with Crippen molar-refractivity contribution in [3.8, 4) is 0 Å². The lowest BCUT2D eigenvalue weighted by atomic mass is 9.84. The van der Waals surface area contributed by atoms with E-state index in [1.807, 2.05) is 80.1 Å². The number of aromatic nitrogens is 3. The number of carbonyl (C=O) groups is 1. The van der Waals surface area contributed by atoms with Crippen LogP contribution in [0.5, 0.6) is 0 Å². The van der Waals surface area contributed by atoms with Crippen molar-refractivity contribution in [2.45, 2.75) is 52.9 Å². The zero-order valence-corrected chi connectivity index (χ0v) is 19.3.